The highest BCUT2D eigenvalue weighted by Gasteiger charge is 2.29. The second kappa shape index (κ2) is 6.72. The normalized spacial score (nSPS) is 15.5. The van der Waals surface area contributed by atoms with Gasteiger partial charge in [0.25, 0.3) is 0 Å². The summed E-state index contributed by atoms with van der Waals surface area (Å²) in [6.07, 6.45) is 6.83. The molecule has 4 rings (SSSR count). The van der Waals surface area contributed by atoms with Crippen molar-refractivity contribution in [1.29, 1.82) is 0 Å². The molecule has 5 nitrogen and oxygen atoms in total. The largest absolute Gasteiger partial charge is 0.366 e. The molecular weight excluding hydrogens is 346 g/mol. The van der Waals surface area contributed by atoms with Gasteiger partial charge in [-0.3, -0.25) is 10.1 Å². The van der Waals surface area contributed by atoms with Crippen molar-refractivity contribution in [1.82, 2.24) is 20.2 Å². The van der Waals surface area contributed by atoms with Gasteiger partial charge < -0.3 is 5.32 Å². The third-order valence-electron chi connectivity index (χ3n) is 4.92. The van der Waals surface area contributed by atoms with Crippen LogP contribution in [-0.4, -0.2) is 20.2 Å². The van der Waals surface area contributed by atoms with Crippen molar-refractivity contribution in [2.24, 2.45) is 5.41 Å². The lowest BCUT2D eigenvalue weighted by atomic mass is 9.76. The molecule has 0 saturated heterocycles. The molecule has 0 radical (unpaired) electrons. The number of pyridine rings is 2. The fraction of sp³-hybridized carbons (Fsp3) is 0.350. The molecule has 1 aliphatic rings. The van der Waals surface area contributed by atoms with Crippen LogP contribution in [0.3, 0.4) is 0 Å². The second-order valence-electron chi connectivity index (χ2n) is 7.65. The summed E-state index contributed by atoms with van der Waals surface area (Å²) in [7, 11) is 0. The van der Waals surface area contributed by atoms with Crippen LogP contribution < -0.4 is 5.32 Å². The minimum atomic E-state index is 0.323. The van der Waals surface area contributed by atoms with Gasteiger partial charge in [-0.25, -0.2) is 4.98 Å². The Kier molecular flexibility index (Phi) is 4.41. The SMILES string of the molecule is CC1(C)CCc2c(-c3cc(Cl)nc(NCc4cccnc4)c3)n[nH]c2C1. The van der Waals surface area contributed by atoms with Crippen LogP contribution in [0.15, 0.2) is 36.7 Å². The molecule has 0 bridgehead atoms. The predicted octanol–water partition coefficient (Wildman–Crippen LogP) is 4.65. The Morgan fingerprint density at radius 1 is 1.31 bits per heavy atom. The van der Waals surface area contributed by atoms with Gasteiger partial charge in [0.05, 0.1) is 5.69 Å². The predicted molar refractivity (Wildman–Crippen MR) is 104 cm³/mol. The average Bonchev–Trinajstić information content (AvgIpc) is 3.02. The van der Waals surface area contributed by atoms with E-state index in [4.69, 9.17) is 11.6 Å². The van der Waals surface area contributed by atoms with Crippen LogP contribution in [0.2, 0.25) is 5.15 Å². The summed E-state index contributed by atoms with van der Waals surface area (Å²) < 4.78 is 0. The number of fused-ring (bicyclic) bond motifs is 1. The lowest BCUT2D eigenvalue weighted by Gasteiger charge is -2.29. The summed E-state index contributed by atoms with van der Waals surface area (Å²) in [5, 5.41) is 11.6. The molecule has 3 aromatic heterocycles. The van der Waals surface area contributed by atoms with Crippen molar-refractivity contribution in [3.05, 3.63) is 58.6 Å². The van der Waals surface area contributed by atoms with Gasteiger partial charge in [0.2, 0.25) is 0 Å². The first-order chi connectivity index (χ1) is 12.5. The zero-order valence-corrected chi connectivity index (χ0v) is 15.8. The van der Waals surface area contributed by atoms with Crippen LogP contribution >= 0.6 is 11.6 Å². The number of halogens is 1. The van der Waals surface area contributed by atoms with Crippen LogP contribution in [0, 0.1) is 5.41 Å². The Hall–Kier alpha value is -2.40. The molecule has 0 saturated carbocycles. The van der Waals surface area contributed by atoms with Crippen molar-refractivity contribution in [3.63, 3.8) is 0 Å². The number of hydrogen-bond acceptors (Lipinski definition) is 4. The van der Waals surface area contributed by atoms with Crippen LogP contribution in [-0.2, 0) is 19.4 Å². The van der Waals surface area contributed by atoms with Crippen molar-refractivity contribution in [2.45, 2.75) is 39.7 Å². The van der Waals surface area contributed by atoms with E-state index in [1.165, 1.54) is 11.3 Å². The average molecular weight is 368 g/mol. The third kappa shape index (κ3) is 3.58. The van der Waals surface area contributed by atoms with E-state index in [2.05, 4.69) is 39.3 Å². The molecule has 26 heavy (non-hydrogen) atoms. The summed E-state index contributed by atoms with van der Waals surface area (Å²) in [6, 6.07) is 7.84. The Bertz CT molecular complexity index is 917. The molecule has 0 fully saturated rings. The van der Waals surface area contributed by atoms with Crippen molar-refractivity contribution in [2.75, 3.05) is 5.32 Å². The maximum Gasteiger partial charge on any atom is 0.132 e. The highest BCUT2D eigenvalue weighted by molar-refractivity contribution is 6.29. The molecule has 3 aromatic rings. The maximum absolute atomic E-state index is 6.28. The van der Waals surface area contributed by atoms with E-state index >= 15 is 0 Å². The van der Waals surface area contributed by atoms with Crippen molar-refractivity contribution >= 4 is 17.4 Å². The summed E-state index contributed by atoms with van der Waals surface area (Å²) in [5.74, 6) is 0.740. The monoisotopic (exact) mass is 367 g/mol. The van der Waals surface area contributed by atoms with Gasteiger partial charge in [-0.05, 0) is 48.4 Å². The maximum atomic E-state index is 6.28. The molecule has 3 heterocycles. The van der Waals surface area contributed by atoms with Gasteiger partial charge in [-0.2, -0.15) is 5.10 Å². The number of aromatic nitrogens is 4. The summed E-state index contributed by atoms with van der Waals surface area (Å²) in [6.45, 7) is 5.26. The fourth-order valence-electron chi connectivity index (χ4n) is 3.51. The topological polar surface area (TPSA) is 66.5 Å². The molecule has 0 aromatic carbocycles. The zero-order valence-electron chi connectivity index (χ0n) is 15.0. The van der Waals surface area contributed by atoms with Gasteiger partial charge in [0.1, 0.15) is 11.0 Å². The first kappa shape index (κ1) is 17.0. The van der Waals surface area contributed by atoms with Gasteiger partial charge in [-0.1, -0.05) is 31.5 Å². The van der Waals surface area contributed by atoms with Crippen molar-refractivity contribution in [3.8, 4) is 11.3 Å². The van der Waals surface area contributed by atoms with E-state index in [1.54, 1.807) is 6.20 Å². The van der Waals surface area contributed by atoms with E-state index < -0.39 is 0 Å². The molecule has 0 spiro atoms. The Balaban J connectivity index is 1.60. The molecule has 0 amide bonds. The first-order valence-electron chi connectivity index (χ1n) is 8.87. The first-order valence-corrected chi connectivity index (χ1v) is 9.25. The van der Waals surface area contributed by atoms with E-state index in [-0.39, 0.29) is 0 Å². The quantitative estimate of drug-likeness (QED) is 0.659. The van der Waals surface area contributed by atoms with Crippen LogP contribution in [0.1, 0.15) is 37.1 Å². The highest BCUT2D eigenvalue weighted by atomic mass is 35.5. The van der Waals surface area contributed by atoms with Gasteiger partial charge in [-0.15, -0.1) is 0 Å². The van der Waals surface area contributed by atoms with Crippen molar-refractivity contribution < 1.29 is 0 Å². The van der Waals surface area contributed by atoms with E-state index in [9.17, 15) is 0 Å². The summed E-state index contributed by atoms with van der Waals surface area (Å²) in [4.78, 5) is 8.52. The number of hydrogen-bond donors (Lipinski definition) is 2. The standard InChI is InChI=1S/C20H22ClN5/c1-20(2)6-5-15-16(10-20)25-26-19(15)14-8-17(21)24-18(9-14)23-12-13-4-3-7-22-11-13/h3-4,7-9,11H,5-6,10,12H2,1-2H3,(H,23,24)(H,25,26). The second-order valence-corrected chi connectivity index (χ2v) is 8.04. The molecule has 6 heteroatoms. The lowest BCUT2D eigenvalue weighted by Crippen LogP contribution is -2.21. The smallest absolute Gasteiger partial charge is 0.132 e. The zero-order chi connectivity index (χ0) is 18.1. The van der Waals surface area contributed by atoms with E-state index in [0.29, 0.717) is 17.1 Å². The summed E-state index contributed by atoms with van der Waals surface area (Å²) >= 11 is 6.28. The van der Waals surface area contributed by atoms with Gasteiger partial charge >= 0.3 is 0 Å². The Labute approximate surface area is 158 Å². The van der Waals surface area contributed by atoms with E-state index in [0.717, 1.165) is 41.9 Å². The molecule has 134 valence electrons. The van der Waals surface area contributed by atoms with E-state index in [1.807, 2.05) is 30.5 Å². The number of nitrogens with one attached hydrogen (secondary N) is 2. The molecule has 0 unspecified atom stereocenters. The lowest BCUT2D eigenvalue weighted by molar-refractivity contribution is 0.312. The van der Waals surface area contributed by atoms with Gasteiger partial charge in [0, 0.05) is 35.8 Å². The third-order valence-corrected chi connectivity index (χ3v) is 5.12. The number of anilines is 1. The number of H-pyrrole nitrogens is 1. The van der Waals surface area contributed by atoms with Crippen LogP contribution in [0.5, 0.6) is 0 Å². The number of nitrogens with zero attached hydrogens (tertiary/aromatic N) is 3. The molecule has 0 atom stereocenters. The summed E-state index contributed by atoms with van der Waals surface area (Å²) in [5.41, 5.74) is 5.96. The van der Waals surface area contributed by atoms with Crippen LogP contribution in [0.25, 0.3) is 11.3 Å². The Morgan fingerprint density at radius 2 is 2.19 bits per heavy atom. The molecule has 1 aliphatic carbocycles. The molecule has 2 N–H and O–H groups in total. The minimum Gasteiger partial charge on any atom is -0.366 e. The highest BCUT2D eigenvalue weighted by Crippen LogP contribution is 2.38. The molecule has 0 aliphatic heterocycles. The molecular formula is C20H22ClN5. The number of aromatic amines is 1. The van der Waals surface area contributed by atoms with Gasteiger partial charge in [0.15, 0.2) is 0 Å². The minimum absolute atomic E-state index is 0.323. The fourth-order valence-corrected chi connectivity index (χ4v) is 3.71. The number of rotatable bonds is 4. The Morgan fingerprint density at radius 3 is 3.00 bits per heavy atom. The van der Waals surface area contributed by atoms with Crippen LogP contribution in [0.4, 0.5) is 5.82 Å².